The first-order valence-corrected chi connectivity index (χ1v) is 12.2. The van der Waals surface area contributed by atoms with Crippen LogP contribution < -0.4 is 15.4 Å². The summed E-state index contributed by atoms with van der Waals surface area (Å²) in [6, 6.07) is 9.93. The number of rotatable bonds is 7. The van der Waals surface area contributed by atoms with Crippen LogP contribution in [-0.4, -0.2) is 34.9 Å². The van der Waals surface area contributed by atoms with E-state index in [-0.39, 0.29) is 5.56 Å². The van der Waals surface area contributed by atoms with E-state index in [0.29, 0.717) is 29.6 Å². The molecule has 1 aliphatic heterocycles. The number of halogens is 4. The van der Waals surface area contributed by atoms with Gasteiger partial charge in [0.25, 0.3) is 5.91 Å². The van der Waals surface area contributed by atoms with Crippen molar-refractivity contribution in [2.75, 3.05) is 18.5 Å². The Bertz CT molecular complexity index is 1170. The Kier molecular flexibility index (Phi) is 7.81. The Morgan fingerprint density at radius 2 is 2.09 bits per heavy atom. The maximum absolute atomic E-state index is 13.0. The van der Waals surface area contributed by atoms with E-state index in [1.54, 1.807) is 36.1 Å². The van der Waals surface area contributed by atoms with Crippen molar-refractivity contribution < 1.29 is 22.7 Å². The molecule has 0 saturated carbocycles. The number of nitrogens with zero attached hydrogens (tertiary/aromatic N) is 2. The number of hydrogen-bond acceptors (Lipinski definition) is 4. The van der Waals surface area contributed by atoms with Gasteiger partial charge in [-0.25, -0.2) is 0 Å². The van der Waals surface area contributed by atoms with Crippen molar-refractivity contribution >= 4 is 27.5 Å². The smallest absolute Gasteiger partial charge is 0.416 e. The maximum Gasteiger partial charge on any atom is 0.416 e. The van der Waals surface area contributed by atoms with Gasteiger partial charge in [-0.15, -0.1) is 0 Å². The van der Waals surface area contributed by atoms with Gasteiger partial charge in [-0.1, -0.05) is 12.5 Å². The van der Waals surface area contributed by atoms with Crippen LogP contribution in [0, 0.1) is 0 Å². The lowest BCUT2D eigenvalue weighted by atomic mass is 10.0. The fraction of sp³-hybridized carbons (Fsp3) is 0.360. The lowest BCUT2D eigenvalue weighted by Gasteiger charge is -2.23. The van der Waals surface area contributed by atoms with E-state index in [1.165, 1.54) is 25.0 Å². The highest BCUT2D eigenvalue weighted by molar-refractivity contribution is 9.10. The fourth-order valence-electron chi connectivity index (χ4n) is 4.15. The van der Waals surface area contributed by atoms with Crippen molar-refractivity contribution in [3.05, 3.63) is 64.3 Å². The Morgan fingerprint density at radius 3 is 2.77 bits per heavy atom. The number of benzene rings is 2. The van der Waals surface area contributed by atoms with Gasteiger partial charge in [0.1, 0.15) is 5.75 Å². The first-order valence-electron chi connectivity index (χ1n) is 11.4. The molecular formula is C25H26BrF3N4O2. The SMILES string of the molecule is Cn1ncc(Br)c1-c1cc(NC(=O)c2cccc(C(F)(F)F)c2)ccc1OCCC1CCCCN1. The number of carbonyl (C=O) groups is 1. The van der Waals surface area contributed by atoms with Gasteiger partial charge >= 0.3 is 6.18 Å². The minimum Gasteiger partial charge on any atom is -0.493 e. The molecule has 1 amide bonds. The number of aryl methyl sites for hydroxylation is 1. The summed E-state index contributed by atoms with van der Waals surface area (Å²) < 4.78 is 47.7. The first-order chi connectivity index (χ1) is 16.7. The number of nitrogens with one attached hydrogen (secondary N) is 2. The predicted molar refractivity (Wildman–Crippen MR) is 131 cm³/mol. The summed E-state index contributed by atoms with van der Waals surface area (Å²) in [5, 5.41) is 10.5. The number of alkyl halides is 3. The fourth-order valence-corrected chi connectivity index (χ4v) is 4.72. The maximum atomic E-state index is 13.0. The normalized spacial score (nSPS) is 16.2. The molecule has 0 radical (unpaired) electrons. The van der Waals surface area contributed by atoms with E-state index in [4.69, 9.17) is 4.74 Å². The number of anilines is 1. The lowest BCUT2D eigenvalue weighted by Crippen LogP contribution is -2.35. The second kappa shape index (κ2) is 10.8. The molecule has 1 saturated heterocycles. The van der Waals surface area contributed by atoms with E-state index in [1.807, 2.05) is 0 Å². The highest BCUT2D eigenvalue weighted by Gasteiger charge is 2.31. The van der Waals surface area contributed by atoms with Gasteiger partial charge in [0.05, 0.1) is 28.5 Å². The molecule has 6 nitrogen and oxygen atoms in total. The van der Waals surface area contributed by atoms with Crippen molar-refractivity contribution in [1.29, 1.82) is 0 Å². The second-order valence-corrected chi connectivity index (χ2v) is 9.35. The summed E-state index contributed by atoms with van der Waals surface area (Å²) in [6.07, 6.45) is 1.55. The lowest BCUT2D eigenvalue weighted by molar-refractivity contribution is -0.137. The van der Waals surface area contributed by atoms with Crippen LogP contribution in [0.1, 0.15) is 41.6 Å². The van der Waals surface area contributed by atoms with Crippen molar-refractivity contribution in [2.45, 2.75) is 37.9 Å². The number of carbonyl (C=O) groups excluding carboxylic acids is 1. The van der Waals surface area contributed by atoms with Gasteiger partial charge in [-0.05, 0) is 78.1 Å². The third-order valence-corrected chi connectivity index (χ3v) is 6.56. The summed E-state index contributed by atoms with van der Waals surface area (Å²) in [6.45, 7) is 1.55. The number of aromatic nitrogens is 2. The molecule has 1 aliphatic rings. The topological polar surface area (TPSA) is 68.2 Å². The quantitative estimate of drug-likeness (QED) is 0.376. The van der Waals surface area contributed by atoms with Crippen molar-refractivity contribution in [2.24, 2.45) is 7.05 Å². The Morgan fingerprint density at radius 1 is 1.26 bits per heavy atom. The zero-order valence-electron chi connectivity index (χ0n) is 19.2. The average Bonchev–Trinajstić information content (AvgIpc) is 3.17. The number of piperidine rings is 1. The first kappa shape index (κ1) is 25.2. The molecule has 3 aromatic rings. The molecule has 0 bridgehead atoms. The largest absolute Gasteiger partial charge is 0.493 e. The van der Waals surface area contributed by atoms with Crippen LogP contribution in [0.4, 0.5) is 18.9 Å². The van der Waals surface area contributed by atoms with Gasteiger partial charge in [0.2, 0.25) is 0 Å². The Labute approximate surface area is 210 Å². The summed E-state index contributed by atoms with van der Waals surface area (Å²) >= 11 is 3.51. The standard InChI is InChI=1S/C25H26BrF3N4O2/c1-33-23(21(26)15-31-33)20-14-19(8-9-22(20)35-12-10-18-7-2-3-11-30-18)32-24(34)16-5-4-6-17(13-16)25(27,28)29/h4-6,8-9,13-15,18,30H,2-3,7,10-12H2,1H3,(H,32,34). The van der Waals surface area contributed by atoms with Gasteiger partial charge < -0.3 is 15.4 Å². The third-order valence-electron chi connectivity index (χ3n) is 5.98. The van der Waals surface area contributed by atoms with Crippen LogP contribution in [0.25, 0.3) is 11.3 Å². The van der Waals surface area contributed by atoms with E-state index in [9.17, 15) is 18.0 Å². The zero-order chi connectivity index (χ0) is 25.0. The molecule has 35 heavy (non-hydrogen) atoms. The number of hydrogen-bond donors (Lipinski definition) is 2. The number of amides is 1. The molecule has 0 aliphatic carbocycles. The van der Waals surface area contributed by atoms with E-state index < -0.39 is 17.6 Å². The average molecular weight is 551 g/mol. The molecule has 2 aromatic carbocycles. The second-order valence-electron chi connectivity index (χ2n) is 8.49. The molecule has 0 spiro atoms. The minimum absolute atomic E-state index is 0.0802. The monoisotopic (exact) mass is 550 g/mol. The molecule has 2 heterocycles. The molecule has 1 aromatic heterocycles. The van der Waals surface area contributed by atoms with Gasteiger partial charge in [0.15, 0.2) is 0 Å². The van der Waals surface area contributed by atoms with Crippen LogP contribution in [0.15, 0.2) is 53.1 Å². The van der Waals surface area contributed by atoms with E-state index in [0.717, 1.165) is 41.7 Å². The molecule has 10 heteroatoms. The summed E-state index contributed by atoms with van der Waals surface area (Å²) in [7, 11) is 1.80. The molecule has 1 unspecified atom stereocenters. The summed E-state index contributed by atoms with van der Waals surface area (Å²) in [5.74, 6) is -0.00894. The third kappa shape index (κ3) is 6.24. The molecule has 2 N–H and O–H groups in total. The molecular weight excluding hydrogens is 525 g/mol. The van der Waals surface area contributed by atoms with Crippen LogP contribution in [0.5, 0.6) is 5.75 Å². The van der Waals surface area contributed by atoms with Crippen molar-refractivity contribution in [3.63, 3.8) is 0 Å². The van der Waals surface area contributed by atoms with Gasteiger partial charge in [-0.2, -0.15) is 18.3 Å². The van der Waals surface area contributed by atoms with Crippen LogP contribution >= 0.6 is 15.9 Å². The Balaban J connectivity index is 1.56. The van der Waals surface area contributed by atoms with Gasteiger partial charge in [0, 0.05) is 29.9 Å². The van der Waals surface area contributed by atoms with E-state index >= 15 is 0 Å². The molecule has 1 atom stereocenters. The number of ether oxygens (including phenoxy) is 1. The van der Waals surface area contributed by atoms with Crippen LogP contribution in [-0.2, 0) is 13.2 Å². The van der Waals surface area contributed by atoms with E-state index in [2.05, 4.69) is 31.7 Å². The zero-order valence-corrected chi connectivity index (χ0v) is 20.7. The summed E-state index contributed by atoms with van der Waals surface area (Å²) in [5.41, 5.74) is 0.933. The Hall–Kier alpha value is -2.85. The molecule has 186 valence electrons. The highest BCUT2D eigenvalue weighted by atomic mass is 79.9. The van der Waals surface area contributed by atoms with Gasteiger partial charge in [-0.3, -0.25) is 9.48 Å². The molecule has 1 fully saturated rings. The van der Waals surface area contributed by atoms with Crippen molar-refractivity contribution in [1.82, 2.24) is 15.1 Å². The van der Waals surface area contributed by atoms with Crippen LogP contribution in [0.2, 0.25) is 0 Å². The summed E-state index contributed by atoms with van der Waals surface area (Å²) in [4.78, 5) is 12.7. The highest BCUT2D eigenvalue weighted by Crippen LogP contribution is 2.37. The predicted octanol–water partition coefficient (Wildman–Crippen LogP) is 6.03. The van der Waals surface area contributed by atoms with Crippen molar-refractivity contribution in [3.8, 4) is 17.0 Å². The van der Waals surface area contributed by atoms with Crippen LogP contribution in [0.3, 0.4) is 0 Å². The molecule has 4 rings (SSSR count). The minimum atomic E-state index is -4.53.